The Morgan fingerprint density at radius 2 is 1.95 bits per heavy atom. The summed E-state index contributed by atoms with van der Waals surface area (Å²) in [5, 5.41) is 11.9. The first kappa shape index (κ1) is 13.0. The number of carboxylic acid groups (broad SMARTS) is 1. The van der Waals surface area contributed by atoms with E-state index in [9.17, 15) is 4.79 Å². The van der Waals surface area contributed by atoms with Crippen LogP contribution in [-0.4, -0.2) is 28.1 Å². The Labute approximate surface area is 111 Å². The molecule has 0 aliphatic heterocycles. The third-order valence-corrected chi connectivity index (χ3v) is 2.82. The molecule has 1 heterocycles. The first-order chi connectivity index (χ1) is 9.13. The fourth-order valence-electron chi connectivity index (χ4n) is 1.70. The van der Waals surface area contributed by atoms with Gasteiger partial charge in [0.1, 0.15) is 5.82 Å². The van der Waals surface area contributed by atoms with Crippen molar-refractivity contribution < 1.29 is 9.90 Å². The lowest BCUT2D eigenvalue weighted by Crippen LogP contribution is -2.05. The molecule has 98 valence electrons. The number of anilines is 1. The minimum absolute atomic E-state index is 0.0195. The van der Waals surface area contributed by atoms with Crippen molar-refractivity contribution in [3.05, 3.63) is 41.6 Å². The maximum absolute atomic E-state index is 11.0. The number of carboxylic acids is 1. The van der Waals surface area contributed by atoms with E-state index in [2.05, 4.69) is 22.2 Å². The molecule has 2 rings (SSSR count). The molecule has 2 aromatic rings. The van der Waals surface area contributed by atoms with E-state index in [1.807, 2.05) is 24.3 Å². The Hall–Kier alpha value is -2.43. The summed E-state index contributed by atoms with van der Waals surface area (Å²) in [5.41, 5.74) is 2.00. The third kappa shape index (κ3) is 2.88. The molecule has 19 heavy (non-hydrogen) atoms. The first-order valence-corrected chi connectivity index (χ1v) is 6.03. The van der Waals surface area contributed by atoms with Crippen LogP contribution >= 0.6 is 0 Å². The number of hydrogen-bond donors (Lipinski definition) is 2. The van der Waals surface area contributed by atoms with Crippen LogP contribution in [0.15, 0.2) is 30.3 Å². The maximum atomic E-state index is 11.0. The molecule has 0 saturated heterocycles. The lowest BCUT2D eigenvalue weighted by Gasteiger charge is -2.06. The van der Waals surface area contributed by atoms with E-state index in [0.29, 0.717) is 11.6 Å². The molecule has 0 spiro atoms. The van der Waals surface area contributed by atoms with Crippen LogP contribution in [0.25, 0.3) is 11.4 Å². The second kappa shape index (κ2) is 5.48. The van der Waals surface area contributed by atoms with E-state index in [0.717, 1.165) is 12.0 Å². The van der Waals surface area contributed by atoms with Gasteiger partial charge in [-0.05, 0) is 12.0 Å². The molecule has 0 atom stereocenters. The summed E-state index contributed by atoms with van der Waals surface area (Å²) in [4.78, 5) is 19.4. The monoisotopic (exact) mass is 257 g/mol. The molecule has 1 aromatic heterocycles. The number of nitrogens with one attached hydrogen (secondary N) is 1. The largest absolute Gasteiger partial charge is 0.477 e. The molecule has 0 aliphatic carbocycles. The van der Waals surface area contributed by atoms with Crippen LogP contribution in [0.5, 0.6) is 0 Å². The highest BCUT2D eigenvalue weighted by Crippen LogP contribution is 2.19. The fourth-order valence-corrected chi connectivity index (χ4v) is 1.70. The fraction of sp³-hybridized carbons (Fsp3) is 0.214. The van der Waals surface area contributed by atoms with Crippen molar-refractivity contribution in [3.8, 4) is 11.4 Å². The lowest BCUT2D eigenvalue weighted by atomic mass is 10.1. The van der Waals surface area contributed by atoms with Crippen LogP contribution in [0.2, 0.25) is 0 Å². The molecular weight excluding hydrogens is 242 g/mol. The SMILES string of the molecule is CCc1ccc(-c2nc(NC)cc(C(=O)O)n2)cc1. The second-order valence-corrected chi connectivity index (χ2v) is 4.07. The first-order valence-electron chi connectivity index (χ1n) is 6.03. The molecule has 1 aromatic carbocycles. The maximum Gasteiger partial charge on any atom is 0.354 e. The predicted octanol–water partition coefficient (Wildman–Crippen LogP) is 2.45. The van der Waals surface area contributed by atoms with Crippen molar-refractivity contribution in [1.29, 1.82) is 0 Å². The number of hydrogen-bond acceptors (Lipinski definition) is 4. The summed E-state index contributed by atoms with van der Waals surface area (Å²) in [6, 6.07) is 9.20. The summed E-state index contributed by atoms with van der Waals surface area (Å²) in [7, 11) is 1.69. The van der Waals surface area contributed by atoms with Crippen molar-refractivity contribution in [2.45, 2.75) is 13.3 Å². The normalized spacial score (nSPS) is 10.2. The van der Waals surface area contributed by atoms with Gasteiger partial charge in [-0.3, -0.25) is 0 Å². The molecule has 0 saturated carbocycles. The number of aromatic nitrogens is 2. The molecular formula is C14H15N3O2. The zero-order valence-electron chi connectivity index (χ0n) is 10.8. The Kier molecular flexibility index (Phi) is 3.75. The number of nitrogens with zero attached hydrogens (tertiary/aromatic N) is 2. The standard InChI is InChI=1S/C14H15N3O2/c1-3-9-4-6-10(7-5-9)13-16-11(14(18)19)8-12(15-2)17-13/h4-8H,3H2,1-2H3,(H,18,19)(H,15,16,17). The molecule has 0 fully saturated rings. The van der Waals surface area contributed by atoms with E-state index < -0.39 is 5.97 Å². The summed E-state index contributed by atoms with van der Waals surface area (Å²) < 4.78 is 0. The van der Waals surface area contributed by atoms with Crippen molar-refractivity contribution in [2.75, 3.05) is 12.4 Å². The van der Waals surface area contributed by atoms with Crippen molar-refractivity contribution >= 4 is 11.8 Å². The van der Waals surface area contributed by atoms with Crippen LogP contribution in [0.4, 0.5) is 5.82 Å². The molecule has 2 N–H and O–H groups in total. The van der Waals surface area contributed by atoms with Crippen LogP contribution in [0, 0.1) is 0 Å². The van der Waals surface area contributed by atoms with E-state index in [1.165, 1.54) is 11.6 Å². The Bertz CT molecular complexity index is 594. The molecule has 5 nitrogen and oxygen atoms in total. The van der Waals surface area contributed by atoms with Gasteiger partial charge in [0.2, 0.25) is 0 Å². The molecule has 0 bridgehead atoms. The van der Waals surface area contributed by atoms with Gasteiger partial charge in [0.05, 0.1) is 0 Å². The van der Waals surface area contributed by atoms with Gasteiger partial charge in [0.15, 0.2) is 11.5 Å². The minimum Gasteiger partial charge on any atom is -0.477 e. The average molecular weight is 257 g/mol. The van der Waals surface area contributed by atoms with Gasteiger partial charge in [-0.2, -0.15) is 0 Å². The smallest absolute Gasteiger partial charge is 0.354 e. The predicted molar refractivity (Wildman–Crippen MR) is 73.4 cm³/mol. The van der Waals surface area contributed by atoms with E-state index in [1.54, 1.807) is 7.05 Å². The minimum atomic E-state index is -1.06. The van der Waals surface area contributed by atoms with Gasteiger partial charge in [0, 0.05) is 18.7 Å². The zero-order valence-corrected chi connectivity index (χ0v) is 10.8. The zero-order chi connectivity index (χ0) is 13.8. The average Bonchev–Trinajstić information content (AvgIpc) is 2.46. The van der Waals surface area contributed by atoms with Gasteiger partial charge >= 0.3 is 5.97 Å². The molecule has 0 radical (unpaired) electrons. The van der Waals surface area contributed by atoms with Crippen molar-refractivity contribution in [2.24, 2.45) is 0 Å². The van der Waals surface area contributed by atoms with Gasteiger partial charge in [-0.15, -0.1) is 0 Å². The second-order valence-electron chi connectivity index (χ2n) is 4.07. The topological polar surface area (TPSA) is 75.1 Å². The number of rotatable bonds is 4. The van der Waals surface area contributed by atoms with Gasteiger partial charge in [-0.1, -0.05) is 31.2 Å². The Morgan fingerprint density at radius 1 is 1.26 bits per heavy atom. The summed E-state index contributed by atoms with van der Waals surface area (Å²) in [6.45, 7) is 2.08. The summed E-state index contributed by atoms with van der Waals surface area (Å²) in [5.74, 6) is -0.167. The highest BCUT2D eigenvalue weighted by Gasteiger charge is 2.11. The molecule has 0 unspecified atom stereocenters. The van der Waals surface area contributed by atoms with Crippen LogP contribution < -0.4 is 5.32 Å². The number of benzene rings is 1. The molecule has 5 heteroatoms. The quantitative estimate of drug-likeness (QED) is 0.879. The number of carbonyl (C=O) groups is 1. The van der Waals surface area contributed by atoms with Crippen LogP contribution in [0.3, 0.4) is 0 Å². The van der Waals surface area contributed by atoms with Gasteiger partial charge < -0.3 is 10.4 Å². The number of aromatic carboxylic acids is 1. The van der Waals surface area contributed by atoms with Crippen LogP contribution in [0.1, 0.15) is 23.0 Å². The van der Waals surface area contributed by atoms with Crippen molar-refractivity contribution in [1.82, 2.24) is 9.97 Å². The summed E-state index contributed by atoms with van der Waals surface area (Å²) >= 11 is 0. The summed E-state index contributed by atoms with van der Waals surface area (Å²) in [6.07, 6.45) is 0.956. The highest BCUT2D eigenvalue weighted by molar-refractivity contribution is 5.86. The van der Waals surface area contributed by atoms with Crippen LogP contribution in [-0.2, 0) is 6.42 Å². The third-order valence-electron chi connectivity index (χ3n) is 2.82. The van der Waals surface area contributed by atoms with E-state index in [-0.39, 0.29) is 5.69 Å². The van der Waals surface area contributed by atoms with Crippen molar-refractivity contribution in [3.63, 3.8) is 0 Å². The van der Waals surface area contributed by atoms with Gasteiger partial charge in [0.25, 0.3) is 0 Å². The Morgan fingerprint density at radius 3 is 2.47 bits per heavy atom. The molecule has 0 aliphatic rings. The number of aryl methyl sites for hydroxylation is 1. The lowest BCUT2D eigenvalue weighted by molar-refractivity contribution is 0.0690. The molecule has 0 amide bonds. The Balaban J connectivity index is 2.47. The van der Waals surface area contributed by atoms with E-state index in [4.69, 9.17) is 5.11 Å². The highest BCUT2D eigenvalue weighted by atomic mass is 16.4. The van der Waals surface area contributed by atoms with E-state index >= 15 is 0 Å². The van der Waals surface area contributed by atoms with Gasteiger partial charge in [-0.25, -0.2) is 14.8 Å².